The molecule has 5 heteroatoms. The molecule has 1 N–H and O–H groups in total. The minimum Gasteiger partial charge on any atom is -0.393 e. The molecular formula is C17H30N2O3. The van der Waals surface area contributed by atoms with Crippen molar-refractivity contribution in [1.29, 1.82) is 0 Å². The lowest BCUT2D eigenvalue weighted by atomic mass is 10.1. The first-order valence-electron chi connectivity index (χ1n) is 8.38. The average Bonchev–Trinajstić information content (AvgIpc) is 2.46. The van der Waals surface area contributed by atoms with Gasteiger partial charge in [-0.25, -0.2) is 4.79 Å². The molecule has 1 aromatic heterocycles. The van der Waals surface area contributed by atoms with Crippen molar-refractivity contribution in [2.45, 2.75) is 77.9 Å². The van der Waals surface area contributed by atoms with E-state index in [9.17, 15) is 9.59 Å². The predicted octanol–water partition coefficient (Wildman–Crippen LogP) is 2.36. The molecule has 0 saturated heterocycles. The van der Waals surface area contributed by atoms with E-state index in [4.69, 9.17) is 5.11 Å². The summed E-state index contributed by atoms with van der Waals surface area (Å²) in [4.78, 5) is 23.9. The summed E-state index contributed by atoms with van der Waals surface area (Å²) in [5.74, 6) is 0. The predicted molar refractivity (Wildman–Crippen MR) is 89.3 cm³/mol. The highest BCUT2D eigenvalue weighted by Gasteiger charge is 2.06. The molecule has 0 radical (unpaired) electrons. The van der Waals surface area contributed by atoms with Crippen LogP contribution in [0.15, 0.2) is 15.8 Å². The molecule has 0 aliphatic heterocycles. The van der Waals surface area contributed by atoms with Crippen LogP contribution in [0.3, 0.4) is 0 Å². The molecule has 0 bridgehead atoms. The van der Waals surface area contributed by atoms with Crippen molar-refractivity contribution in [1.82, 2.24) is 9.13 Å². The molecule has 1 aromatic rings. The summed E-state index contributed by atoms with van der Waals surface area (Å²) >= 11 is 0. The lowest BCUT2D eigenvalue weighted by Crippen LogP contribution is -2.39. The van der Waals surface area contributed by atoms with E-state index in [0.717, 1.165) is 32.1 Å². The Hall–Kier alpha value is -1.36. The minimum absolute atomic E-state index is 0.166. The molecule has 0 aliphatic carbocycles. The second-order valence-corrected chi connectivity index (χ2v) is 6.27. The number of rotatable bonds is 10. The van der Waals surface area contributed by atoms with E-state index in [-0.39, 0.29) is 17.4 Å². The van der Waals surface area contributed by atoms with Crippen LogP contribution in [-0.4, -0.2) is 20.3 Å². The Labute approximate surface area is 132 Å². The largest absolute Gasteiger partial charge is 0.393 e. The van der Waals surface area contributed by atoms with Gasteiger partial charge >= 0.3 is 5.69 Å². The van der Waals surface area contributed by atoms with Gasteiger partial charge in [0.2, 0.25) is 0 Å². The average molecular weight is 310 g/mol. The third-order valence-corrected chi connectivity index (χ3v) is 4.01. The maximum atomic E-state index is 12.0. The van der Waals surface area contributed by atoms with Crippen LogP contribution in [0.2, 0.25) is 0 Å². The van der Waals surface area contributed by atoms with Crippen LogP contribution in [0.1, 0.15) is 63.9 Å². The molecule has 126 valence electrons. The molecule has 0 aliphatic rings. The van der Waals surface area contributed by atoms with Crippen LogP contribution in [0.25, 0.3) is 0 Å². The van der Waals surface area contributed by atoms with Gasteiger partial charge in [0, 0.05) is 25.4 Å². The number of hydrogen-bond acceptors (Lipinski definition) is 3. The molecule has 5 nitrogen and oxygen atoms in total. The van der Waals surface area contributed by atoms with E-state index >= 15 is 0 Å². The van der Waals surface area contributed by atoms with Crippen molar-refractivity contribution in [3.63, 3.8) is 0 Å². The third-order valence-electron chi connectivity index (χ3n) is 4.01. The minimum atomic E-state index is -0.228. The van der Waals surface area contributed by atoms with E-state index in [0.29, 0.717) is 12.1 Å². The highest BCUT2D eigenvalue weighted by atomic mass is 16.3. The lowest BCUT2D eigenvalue weighted by Gasteiger charge is -2.08. The summed E-state index contributed by atoms with van der Waals surface area (Å²) in [6.45, 7) is 4.08. The van der Waals surface area contributed by atoms with Gasteiger partial charge in [-0.3, -0.25) is 9.36 Å². The van der Waals surface area contributed by atoms with E-state index < -0.39 is 0 Å². The van der Waals surface area contributed by atoms with Crippen molar-refractivity contribution in [3.8, 4) is 0 Å². The first-order valence-corrected chi connectivity index (χ1v) is 8.38. The summed E-state index contributed by atoms with van der Waals surface area (Å²) in [6, 6.07) is 0. The lowest BCUT2D eigenvalue weighted by molar-refractivity contribution is 0.180. The zero-order valence-electron chi connectivity index (χ0n) is 14.2. The van der Waals surface area contributed by atoms with Crippen LogP contribution in [0, 0.1) is 6.92 Å². The Morgan fingerprint density at radius 3 is 2.18 bits per heavy atom. The van der Waals surface area contributed by atoms with Gasteiger partial charge in [-0.1, -0.05) is 38.5 Å². The quantitative estimate of drug-likeness (QED) is 0.675. The number of unbranched alkanes of at least 4 members (excludes halogenated alkanes) is 6. The van der Waals surface area contributed by atoms with E-state index in [1.807, 2.05) is 6.92 Å². The summed E-state index contributed by atoms with van der Waals surface area (Å²) in [5, 5.41) is 9.16. The molecule has 0 saturated carbocycles. The summed E-state index contributed by atoms with van der Waals surface area (Å²) in [6.07, 6.45) is 9.97. The normalized spacial score (nSPS) is 12.5. The monoisotopic (exact) mass is 310 g/mol. The van der Waals surface area contributed by atoms with E-state index in [1.54, 1.807) is 20.2 Å². The molecule has 0 spiro atoms. The van der Waals surface area contributed by atoms with Crippen molar-refractivity contribution >= 4 is 0 Å². The van der Waals surface area contributed by atoms with Gasteiger partial charge in [0.25, 0.3) is 5.56 Å². The molecule has 22 heavy (non-hydrogen) atoms. The summed E-state index contributed by atoms with van der Waals surface area (Å²) in [5.41, 5.74) is 0.218. The van der Waals surface area contributed by atoms with E-state index in [1.165, 1.54) is 28.4 Å². The number of aliphatic hydroxyl groups is 1. The molecule has 1 rings (SSSR count). The smallest absolute Gasteiger partial charge is 0.330 e. The molecule has 0 aromatic carbocycles. The second kappa shape index (κ2) is 9.62. The Balaban J connectivity index is 2.23. The van der Waals surface area contributed by atoms with Crippen molar-refractivity contribution in [2.24, 2.45) is 7.05 Å². The Morgan fingerprint density at radius 2 is 1.59 bits per heavy atom. The van der Waals surface area contributed by atoms with Crippen LogP contribution in [-0.2, 0) is 13.6 Å². The molecular weight excluding hydrogens is 280 g/mol. The van der Waals surface area contributed by atoms with Crippen molar-refractivity contribution in [2.75, 3.05) is 0 Å². The van der Waals surface area contributed by atoms with Gasteiger partial charge in [0.15, 0.2) is 0 Å². The molecule has 1 unspecified atom stereocenters. The first-order chi connectivity index (χ1) is 10.4. The maximum Gasteiger partial charge on any atom is 0.330 e. The summed E-state index contributed by atoms with van der Waals surface area (Å²) in [7, 11) is 1.68. The molecule has 0 fully saturated rings. The fraction of sp³-hybridized carbons (Fsp3) is 0.765. The molecule has 1 atom stereocenters. The topological polar surface area (TPSA) is 64.2 Å². The van der Waals surface area contributed by atoms with Gasteiger partial charge in [-0.05, 0) is 26.7 Å². The van der Waals surface area contributed by atoms with Gasteiger partial charge in [-0.2, -0.15) is 0 Å². The number of aliphatic hydroxyl groups excluding tert-OH is 1. The van der Waals surface area contributed by atoms with Gasteiger partial charge in [0.1, 0.15) is 0 Å². The number of nitrogens with zero attached hydrogens (tertiary/aromatic N) is 2. The van der Waals surface area contributed by atoms with Gasteiger partial charge in [-0.15, -0.1) is 0 Å². The second-order valence-electron chi connectivity index (χ2n) is 6.27. The Kier molecular flexibility index (Phi) is 8.17. The first kappa shape index (κ1) is 18.7. The summed E-state index contributed by atoms with van der Waals surface area (Å²) < 4.78 is 2.82. The maximum absolute atomic E-state index is 12.0. The number of aryl methyl sites for hydroxylation is 2. The van der Waals surface area contributed by atoms with Crippen LogP contribution >= 0.6 is 0 Å². The number of hydrogen-bond donors (Lipinski definition) is 1. The van der Waals surface area contributed by atoms with Gasteiger partial charge < -0.3 is 9.67 Å². The Bertz CT molecular complexity index is 524. The highest BCUT2D eigenvalue weighted by molar-refractivity contribution is 5.02. The van der Waals surface area contributed by atoms with Crippen molar-refractivity contribution < 1.29 is 5.11 Å². The zero-order valence-corrected chi connectivity index (χ0v) is 14.2. The van der Waals surface area contributed by atoms with Crippen LogP contribution < -0.4 is 11.2 Å². The van der Waals surface area contributed by atoms with E-state index in [2.05, 4.69) is 0 Å². The fourth-order valence-electron chi connectivity index (χ4n) is 2.68. The number of aromatic nitrogens is 2. The Morgan fingerprint density at radius 1 is 1.05 bits per heavy atom. The van der Waals surface area contributed by atoms with Crippen LogP contribution in [0.4, 0.5) is 0 Å². The zero-order chi connectivity index (χ0) is 16.5. The SMILES string of the molecule is Cc1cn(C)c(=O)n(CCCCCCCCCC(C)O)c1=O. The van der Waals surface area contributed by atoms with Gasteiger partial charge in [0.05, 0.1) is 6.10 Å². The molecule has 1 heterocycles. The fourth-order valence-corrected chi connectivity index (χ4v) is 2.68. The van der Waals surface area contributed by atoms with Crippen molar-refractivity contribution in [3.05, 3.63) is 32.6 Å². The standard InChI is InChI=1S/C17H30N2O3/c1-14-13-18(3)17(22)19(16(14)21)12-10-8-6-4-5-7-9-11-15(2)20/h13,15,20H,4-12H2,1-3H3. The van der Waals surface area contributed by atoms with Crippen LogP contribution in [0.5, 0.6) is 0 Å². The highest BCUT2D eigenvalue weighted by Crippen LogP contribution is 2.09. The third kappa shape index (κ3) is 6.18. The molecule has 0 amide bonds.